The molecule has 0 aliphatic carbocycles. The van der Waals surface area contributed by atoms with Crippen molar-refractivity contribution in [3.63, 3.8) is 0 Å². The fourth-order valence-electron chi connectivity index (χ4n) is 2.59. The number of carbonyl (C=O) groups excluding carboxylic acids is 2. The number of ether oxygens (including phenoxy) is 2. The van der Waals surface area contributed by atoms with E-state index in [1.807, 2.05) is 0 Å². The Morgan fingerprint density at radius 2 is 1.86 bits per heavy atom. The van der Waals surface area contributed by atoms with Gasteiger partial charge in [0.15, 0.2) is 11.5 Å². The van der Waals surface area contributed by atoms with Crippen LogP contribution in [0.1, 0.15) is 21.5 Å². The molecular weight excluding hydrogens is 382 g/mol. The van der Waals surface area contributed by atoms with E-state index in [4.69, 9.17) is 4.74 Å². The molecule has 0 aliphatic heterocycles. The van der Waals surface area contributed by atoms with Crippen LogP contribution in [0.25, 0.3) is 6.08 Å². The van der Waals surface area contributed by atoms with Gasteiger partial charge in [-0.1, -0.05) is 24.3 Å². The number of rotatable bonds is 8. The average Bonchev–Trinajstić information content (AvgIpc) is 2.72. The zero-order valence-electron chi connectivity index (χ0n) is 16.3. The number of likely N-dealkylation sites (N-methyl/N-ethyl adjacent to an activating group) is 1. The first kappa shape index (κ1) is 21.9. The van der Waals surface area contributed by atoms with Crippen molar-refractivity contribution in [2.75, 3.05) is 21.2 Å². The van der Waals surface area contributed by atoms with Gasteiger partial charge in [0.25, 0.3) is 5.91 Å². The van der Waals surface area contributed by atoms with Crippen molar-refractivity contribution in [1.29, 1.82) is 0 Å². The normalized spacial score (nSPS) is 10.8. The molecule has 0 saturated carbocycles. The molecular formula is C21H22F2N2O4. The summed E-state index contributed by atoms with van der Waals surface area (Å²) in [5, 5.41) is 2.54. The summed E-state index contributed by atoms with van der Waals surface area (Å²) in [7, 11) is 4.51. The van der Waals surface area contributed by atoms with E-state index in [2.05, 4.69) is 10.1 Å². The first-order chi connectivity index (χ1) is 13.8. The molecule has 2 aromatic rings. The Morgan fingerprint density at radius 1 is 1.17 bits per heavy atom. The molecule has 0 fully saturated rings. The second-order valence-electron chi connectivity index (χ2n) is 6.06. The molecule has 0 aromatic heterocycles. The molecule has 2 rings (SSSR count). The molecule has 154 valence electrons. The average molecular weight is 404 g/mol. The second-order valence-corrected chi connectivity index (χ2v) is 6.06. The van der Waals surface area contributed by atoms with Gasteiger partial charge < -0.3 is 19.7 Å². The molecule has 6 nitrogen and oxygen atoms in total. The summed E-state index contributed by atoms with van der Waals surface area (Å²) in [6.45, 7) is -2.70. The van der Waals surface area contributed by atoms with Gasteiger partial charge in [-0.15, -0.1) is 0 Å². The Balaban J connectivity index is 2.09. The Kier molecular flexibility index (Phi) is 7.70. The highest BCUT2D eigenvalue weighted by Gasteiger charge is 2.14. The van der Waals surface area contributed by atoms with Crippen LogP contribution in [-0.4, -0.2) is 44.5 Å². The van der Waals surface area contributed by atoms with Gasteiger partial charge in [-0.2, -0.15) is 8.78 Å². The molecule has 2 aromatic carbocycles. The van der Waals surface area contributed by atoms with Gasteiger partial charge in [-0.25, -0.2) is 0 Å². The molecule has 0 heterocycles. The molecule has 29 heavy (non-hydrogen) atoms. The second kappa shape index (κ2) is 10.2. The molecule has 1 N–H and O–H groups in total. The lowest BCUT2D eigenvalue weighted by atomic mass is 10.1. The van der Waals surface area contributed by atoms with E-state index in [9.17, 15) is 18.4 Å². The molecule has 0 unspecified atom stereocenters. The zero-order chi connectivity index (χ0) is 21.4. The van der Waals surface area contributed by atoms with Gasteiger partial charge >= 0.3 is 6.61 Å². The van der Waals surface area contributed by atoms with Crippen molar-refractivity contribution < 1.29 is 27.8 Å². The maximum absolute atomic E-state index is 12.7. The summed E-state index contributed by atoms with van der Waals surface area (Å²) in [4.78, 5) is 25.4. The zero-order valence-corrected chi connectivity index (χ0v) is 16.3. The van der Waals surface area contributed by atoms with E-state index in [-0.39, 0.29) is 23.3 Å². The minimum atomic E-state index is -3.02. The topological polar surface area (TPSA) is 67.9 Å². The van der Waals surface area contributed by atoms with Crippen molar-refractivity contribution in [1.82, 2.24) is 10.2 Å². The monoisotopic (exact) mass is 404 g/mol. The molecule has 0 saturated heterocycles. The lowest BCUT2D eigenvalue weighted by molar-refractivity contribution is -0.125. The number of benzene rings is 2. The molecule has 0 aliphatic rings. The number of amides is 2. The third-order valence-corrected chi connectivity index (χ3v) is 4.08. The van der Waals surface area contributed by atoms with Crippen LogP contribution < -0.4 is 14.8 Å². The highest BCUT2D eigenvalue weighted by atomic mass is 19.3. The van der Waals surface area contributed by atoms with Crippen LogP contribution >= 0.6 is 0 Å². The van der Waals surface area contributed by atoms with Crippen molar-refractivity contribution in [2.45, 2.75) is 13.2 Å². The lowest BCUT2D eigenvalue weighted by Gasteiger charge is -2.16. The Morgan fingerprint density at radius 3 is 2.45 bits per heavy atom. The third-order valence-electron chi connectivity index (χ3n) is 4.08. The summed E-state index contributed by atoms with van der Waals surface area (Å²) in [5.74, 6) is -0.513. The molecule has 0 radical (unpaired) electrons. The van der Waals surface area contributed by atoms with E-state index < -0.39 is 6.61 Å². The van der Waals surface area contributed by atoms with Gasteiger partial charge in [0.05, 0.1) is 7.11 Å². The largest absolute Gasteiger partial charge is 0.493 e. The number of nitrogens with one attached hydrogen (secondary N) is 1. The standard InChI is InChI=1S/C21H22F2N2O4/c1-24-20(27)16-9-7-14(8-10-16)13-25(2)18(26)12-11-15-5-4-6-17(28-3)19(15)29-21(22)23/h4-12,21H,13H2,1-3H3,(H,24,27). The van der Waals surface area contributed by atoms with Crippen molar-refractivity contribution in [3.8, 4) is 11.5 Å². The van der Waals surface area contributed by atoms with Crippen LogP contribution in [0.5, 0.6) is 11.5 Å². The Labute approximate surface area is 167 Å². The van der Waals surface area contributed by atoms with Crippen molar-refractivity contribution in [3.05, 3.63) is 65.2 Å². The fourth-order valence-corrected chi connectivity index (χ4v) is 2.59. The fraction of sp³-hybridized carbons (Fsp3) is 0.238. The van der Waals surface area contributed by atoms with E-state index in [0.29, 0.717) is 17.7 Å². The minimum absolute atomic E-state index is 0.138. The van der Waals surface area contributed by atoms with Crippen LogP contribution in [0.3, 0.4) is 0 Å². The number of para-hydroxylation sites is 1. The number of methoxy groups -OCH3 is 1. The summed E-state index contributed by atoms with van der Waals surface area (Å²) < 4.78 is 34.9. The number of alkyl halides is 2. The number of hydrogen-bond donors (Lipinski definition) is 1. The van der Waals surface area contributed by atoms with E-state index >= 15 is 0 Å². The summed E-state index contributed by atoms with van der Waals surface area (Å²) in [6.07, 6.45) is 2.67. The van der Waals surface area contributed by atoms with E-state index in [1.54, 1.807) is 50.5 Å². The number of carbonyl (C=O) groups is 2. The Hall–Kier alpha value is -3.42. The van der Waals surface area contributed by atoms with Gasteiger partial charge in [0.1, 0.15) is 0 Å². The molecule has 0 bridgehead atoms. The predicted molar refractivity (Wildman–Crippen MR) is 105 cm³/mol. The van der Waals surface area contributed by atoms with E-state index in [0.717, 1.165) is 5.56 Å². The van der Waals surface area contributed by atoms with Crippen LogP contribution in [0.2, 0.25) is 0 Å². The van der Waals surface area contributed by atoms with Crippen LogP contribution in [0.15, 0.2) is 48.5 Å². The highest BCUT2D eigenvalue weighted by Crippen LogP contribution is 2.33. The smallest absolute Gasteiger partial charge is 0.387 e. The summed E-state index contributed by atoms with van der Waals surface area (Å²) in [6, 6.07) is 11.5. The SMILES string of the molecule is CNC(=O)c1ccc(CN(C)C(=O)C=Cc2cccc(OC)c2OC(F)F)cc1. The Bertz CT molecular complexity index is 883. The van der Waals surface area contributed by atoms with Crippen LogP contribution in [-0.2, 0) is 11.3 Å². The quantitative estimate of drug-likeness (QED) is 0.686. The van der Waals surface area contributed by atoms with Crippen LogP contribution in [0.4, 0.5) is 8.78 Å². The van der Waals surface area contributed by atoms with Crippen molar-refractivity contribution >= 4 is 17.9 Å². The van der Waals surface area contributed by atoms with Crippen molar-refractivity contribution in [2.24, 2.45) is 0 Å². The van der Waals surface area contributed by atoms with Gasteiger partial charge in [-0.3, -0.25) is 9.59 Å². The third kappa shape index (κ3) is 6.03. The van der Waals surface area contributed by atoms with Crippen LogP contribution in [0, 0.1) is 0 Å². The maximum Gasteiger partial charge on any atom is 0.387 e. The summed E-state index contributed by atoms with van der Waals surface area (Å²) in [5.41, 5.74) is 1.65. The lowest BCUT2D eigenvalue weighted by Crippen LogP contribution is -2.24. The molecule has 2 amide bonds. The van der Waals surface area contributed by atoms with Gasteiger partial charge in [0, 0.05) is 37.8 Å². The number of nitrogens with zero attached hydrogens (tertiary/aromatic N) is 1. The molecule has 0 atom stereocenters. The van der Waals surface area contributed by atoms with Gasteiger partial charge in [0.2, 0.25) is 5.91 Å². The predicted octanol–water partition coefficient (Wildman–Crippen LogP) is 3.33. The highest BCUT2D eigenvalue weighted by molar-refractivity contribution is 5.94. The summed E-state index contributed by atoms with van der Waals surface area (Å²) >= 11 is 0. The molecule has 0 spiro atoms. The first-order valence-electron chi connectivity index (χ1n) is 8.71. The number of halogens is 2. The molecule has 8 heteroatoms. The first-order valence-corrected chi connectivity index (χ1v) is 8.71. The number of hydrogen-bond acceptors (Lipinski definition) is 4. The maximum atomic E-state index is 12.7. The minimum Gasteiger partial charge on any atom is -0.493 e. The van der Waals surface area contributed by atoms with E-state index in [1.165, 1.54) is 30.2 Å². The van der Waals surface area contributed by atoms with Gasteiger partial charge in [-0.05, 0) is 29.8 Å².